The number of hydrogen-bond donors (Lipinski definition) is 4. The van der Waals surface area contributed by atoms with Crippen LogP contribution in [-0.4, -0.2) is 48.8 Å². The average molecular weight is 555 g/mol. The first kappa shape index (κ1) is 26.6. The minimum Gasteiger partial charge on any atom is -0.494 e. The Morgan fingerprint density at radius 2 is 2.02 bits per heavy atom. The molecule has 3 aromatic rings. The first-order valence-electron chi connectivity index (χ1n) is 12.1. The van der Waals surface area contributed by atoms with E-state index in [0.717, 1.165) is 6.07 Å². The molecule has 1 saturated heterocycles. The van der Waals surface area contributed by atoms with Crippen molar-refractivity contribution < 1.29 is 41.9 Å². The lowest BCUT2D eigenvalue weighted by molar-refractivity contribution is -0.124. The topological polar surface area (TPSA) is 159 Å². The maximum Gasteiger partial charge on any atom is 0.322 e. The van der Waals surface area contributed by atoms with Crippen LogP contribution >= 0.6 is 0 Å². The maximum atomic E-state index is 15.3. The van der Waals surface area contributed by atoms with Crippen molar-refractivity contribution in [2.75, 3.05) is 13.7 Å². The molecule has 208 valence electrons. The van der Waals surface area contributed by atoms with Crippen LogP contribution in [0.3, 0.4) is 0 Å². The summed E-state index contributed by atoms with van der Waals surface area (Å²) in [6, 6.07) is 4.16. The zero-order valence-corrected chi connectivity index (χ0v) is 21.2. The number of imide groups is 2. The molecule has 0 spiro atoms. The number of hydrogen-bond acceptors (Lipinski definition) is 7. The van der Waals surface area contributed by atoms with Crippen molar-refractivity contribution in [3.8, 4) is 5.75 Å². The van der Waals surface area contributed by atoms with E-state index in [0.29, 0.717) is 5.56 Å². The number of rotatable bonds is 8. The van der Waals surface area contributed by atoms with Crippen molar-refractivity contribution in [2.45, 2.75) is 31.5 Å². The second-order valence-electron chi connectivity index (χ2n) is 9.28. The Kier molecular flexibility index (Phi) is 6.61. The number of ether oxygens (including phenoxy) is 1. The fourth-order valence-electron chi connectivity index (χ4n) is 5.08. The van der Waals surface area contributed by atoms with E-state index >= 15 is 4.39 Å². The highest BCUT2D eigenvalue weighted by Crippen LogP contribution is 2.36. The van der Waals surface area contributed by atoms with Crippen LogP contribution in [0.1, 0.15) is 46.6 Å². The summed E-state index contributed by atoms with van der Waals surface area (Å²) in [5, 5.41) is 9.33. The summed E-state index contributed by atoms with van der Waals surface area (Å²) in [5.74, 6) is -3.04. The molecule has 2 aliphatic rings. The summed E-state index contributed by atoms with van der Waals surface area (Å²) in [5.41, 5.74) is -1.29. The molecule has 7 amide bonds. The molecule has 5 rings (SSSR count). The second-order valence-corrected chi connectivity index (χ2v) is 9.28. The minimum atomic E-state index is -1.50. The Hall–Kier alpha value is -5.01. The van der Waals surface area contributed by atoms with Gasteiger partial charge in [-0.05, 0) is 41.8 Å². The molecule has 12 nitrogen and oxygen atoms in total. The standard InChI is InChI=1S/C26H23F2N5O7/c1-3-26(23(36)31-25(38)32-26)14-6-13-7-18(40-21(13)15(27)8-14)16(30-24(37)29-11-34)10-33-9-12-4-5-17(39-2)20(28)19(12)22(33)35/h4-8,11,16H,3,9-10H2,1-2H3,(H2,29,30,34,37)(H2,31,32,36,38)/t16-,26?/m0/s1. The van der Waals surface area contributed by atoms with Crippen LogP contribution < -0.4 is 26.0 Å². The molecule has 1 fully saturated rings. The molecular weight excluding hydrogens is 532 g/mol. The third-order valence-corrected chi connectivity index (χ3v) is 7.07. The van der Waals surface area contributed by atoms with E-state index in [4.69, 9.17) is 9.15 Å². The molecule has 0 radical (unpaired) electrons. The van der Waals surface area contributed by atoms with Crippen LogP contribution in [0.25, 0.3) is 11.0 Å². The molecule has 1 unspecified atom stereocenters. The number of methoxy groups -OCH3 is 1. The number of halogens is 2. The first-order chi connectivity index (χ1) is 19.1. The van der Waals surface area contributed by atoms with Gasteiger partial charge in [0.2, 0.25) is 6.41 Å². The van der Waals surface area contributed by atoms with E-state index in [9.17, 15) is 28.4 Å². The van der Waals surface area contributed by atoms with Crippen molar-refractivity contribution in [3.63, 3.8) is 0 Å². The van der Waals surface area contributed by atoms with Gasteiger partial charge in [-0.1, -0.05) is 13.0 Å². The van der Waals surface area contributed by atoms with Crippen molar-refractivity contribution in [3.05, 3.63) is 64.4 Å². The Morgan fingerprint density at radius 3 is 2.67 bits per heavy atom. The van der Waals surface area contributed by atoms with Crippen LogP contribution in [0.15, 0.2) is 34.7 Å². The lowest BCUT2D eigenvalue weighted by Crippen LogP contribution is -2.43. The number of fused-ring (bicyclic) bond motifs is 2. The van der Waals surface area contributed by atoms with Gasteiger partial charge in [-0.25, -0.2) is 18.4 Å². The lowest BCUT2D eigenvalue weighted by atomic mass is 9.86. The molecule has 2 atom stereocenters. The molecule has 4 N–H and O–H groups in total. The van der Waals surface area contributed by atoms with Gasteiger partial charge in [0.1, 0.15) is 17.3 Å². The first-order valence-corrected chi connectivity index (χ1v) is 12.1. The van der Waals surface area contributed by atoms with Gasteiger partial charge in [-0.15, -0.1) is 0 Å². The normalized spacial score (nSPS) is 18.8. The van der Waals surface area contributed by atoms with E-state index in [1.54, 1.807) is 13.0 Å². The van der Waals surface area contributed by atoms with Crippen molar-refractivity contribution in [1.29, 1.82) is 0 Å². The van der Waals surface area contributed by atoms with Crippen molar-refractivity contribution in [2.24, 2.45) is 0 Å². The molecule has 2 aliphatic heterocycles. The van der Waals surface area contributed by atoms with Crippen LogP contribution in [-0.2, 0) is 21.7 Å². The van der Waals surface area contributed by atoms with Crippen LogP contribution in [0.5, 0.6) is 5.75 Å². The predicted molar refractivity (Wildman–Crippen MR) is 133 cm³/mol. The summed E-state index contributed by atoms with van der Waals surface area (Å²) < 4.78 is 40.8. The van der Waals surface area contributed by atoms with E-state index in [2.05, 4.69) is 16.0 Å². The summed E-state index contributed by atoms with van der Waals surface area (Å²) in [6.45, 7) is 1.44. The average Bonchev–Trinajstić information content (AvgIpc) is 3.57. The molecule has 0 saturated carbocycles. The highest BCUT2D eigenvalue weighted by atomic mass is 19.1. The maximum absolute atomic E-state index is 15.3. The fourth-order valence-corrected chi connectivity index (χ4v) is 5.08. The van der Waals surface area contributed by atoms with E-state index in [-0.39, 0.29) is 59.5 Å². The van der Waals surface area contributed by atoms with Crippen LogP contribution in [0, 0.1) is 11.6 Å². The highest BCUT2D eigenvalue weighted by molar-refractivity contribution is 6.07. The quantitative estimate of drug-likeness (QED) is 0.245. The van der Waals surface area contributed by atoms with Gasteiger partial charge < -0.3 is 24.7 Å². The van der Waals surface area contributed by atoms with E-state index < -0.39 is 47.1 Å². The third kappa shape index (κ3) is 4.26. The van der Waals surface area contributed by atoms with Gasteiger partial charge >= 0.3 is 12.1 Å². The van der Waals surface area contributed by atoms with E-state index in [1.165, 1.54) is 30.2 Å². The molecule has 3 heterocycles. The molecule has 40 heavy (non-hydrogen) atoms. The number of furan rings is 1. The Morgan fingerprint density at radius 1 is 1.25 bits per heavy atom. The molecule has 0 bridgehead atoms. The summed E-state index contributed by atoms with van der Waals surface area (Å²) >= 11 is 0. The smallest absolute Gasteiger partial charge is 0.322 e. The van der Waals surface area contributed by atoms with Crippen molar-refractivity contribution >= 4 is 41.3 Å². The fraction of sp³-hybridized carbons (Fsp3) is 0.269. The lowest BCUT2D eigenvalue weighted by Gasteiger charge is -2.24. The van der Waals surface area contributed by atoms with E-state index in [1.807, 2.05) is 5.32 Å². The molecular formula is C26H23F2N5O7. The molecule has 2 aromatic carbocycles. The number of urea groups is 2. The molecule has 14 heteroatoms. The third-order valence-electron chi connectivity index (χ3n) is 7.07. The van der Waals surface area contributed by atoms with Crippen LogP contribution in [0.2, 0.25) is 0 Å². The Bertz CT molecular complexity index is 1590. The zero-order chi connectivity index (χ0) is 28.8. The van der Waals surface area contributed by atoms with Gasteiger partial charge in [0.15, 0.2) is 23.0 Å². The largest absolute Gasteiger partial charge is 0.494 e. The second kappa shape index (κ2) is 9.94. The Balaban J connectivity index is 1.51. The summed E-state index contributed by atoms with van der Waals surface area (Å²) in [7, 11) is 1.27. The molecule has 0 aliphatic carbocycles. The number of carbonyl (C=O) groups is 5. The van der Waals surface area contributed by atoms with Gasteiger partial charge in [-0.2, -0.15) is 0 Å². The number of amides is 7. The summed E-state index contributed by atoms with van der Waals surface area (Å²) in [6.07, 6.45) is 0.288. The number of benzene rings is 2. The van der Waals surface area contributed by atoms with Gasteiger partial charge in [-0.3, -0.25) is 25.0 Å². The summed E-state index contributed by atoms with van der Waals surface area (Å²) in [4.78, 5) is 61.8. The minimum absolute atomic E-state index is 0.00906. The monoisotopic (exact) mass is 555 g/mol. The predicted octanol–water partition coefficient (Wildman–Crippen LogP) is 2.32. The number of nitrogens with one attached hydrogen (secondary N) is 4. The highest BCUT2D eigenvalue weighted by Gasteiger charge is 2.46. The molecule has 1 aromatic heterocycles. The van der Waals surface area contributed by atoms with Crippen LogP contribution in [0.4, 0.5) is 18.4 Å². The van der Waals surface area contributed by atoms with Gasteiger partial charge in [0.25, 0.3) is 11.8 Å². The van der Waals surface area contributed by atoms with Gasteiger partial charge in [0, 0.05) is 18.5 Å². The van der Waals surface area contributed by atoms with Gasteiger partial charge in [0.05, 0.1) is 12.7 Å². The Labute approximate surface area is 225 Å². The van der Waals surface area contributed by atoms with Crippen molar-refractivity contribution in [1.82, 2.24) is 26.2 Å². The zero-order valence-electron chi connectivity index (χ0n) is 21.2. The SMILES string of the molecule is CCC1(c2cc(F)c3oc([C@H](CN4Cc5ccc(OC)c(F)c5C4=O)NC(=O)NC=O)cc3c2)NC(=O)NC1=O. The number of carbonyl (C=O) groups excluding carboxylic acids is 5. The number of nitrogens with zero attached hydrogens (tertiary/aromatic N) is 1.